The lowest BCUT2D eigenvalue weighted by molar-refractivity contribution is 0.0452. The number of rotatable bonds is 3. The highest BCUT2D eigenvalue weighted by Gasteiger charge is 2.34. The molecule has 2 rings (SSSR count). The summed E-state index contributed by atoms with van der Waals surface area (Å²) in [5, 5.41) is 3.53. The summed E-state index contributed by atoms with van der Waals surface area (Å²) >= 11 is 0. The van der Waals surface area contributed by atoms with E-state index in [0.29, 0.717) is 6.04 Å². The molecule has 1 heterocycles. The highest BCUT2D eigenvalue weighted by molar-refractivity contribution is 5.17. The molecule has 1 fully saturated rings. The minimum absolute atomic E-state index is 0.145. The van der Waals surface area contributed by atoms with Gasteiger partial charge in [-0.25, -0.2) is 4.39 Å². The second-order valence-electron chi connectivity index (χ2n) is 5.64. The zero-order valence-electron chi connectivity index (χ0n) is 11.5. The molecular weight excluding hydrogens is 227 g/mol. The van der Waals surface area contributed by atoms with Gasteiger partial charge in [-0.15, -0.1) is 0 Å². The van der Waals surface area contributed by atoms with Crippen LogP contribution < -0.4 is 5.32 Å². The molecule has 1 aliphatic rings. The summed E-state index contributed by atoms with van der Waals surface area (Å²) in [6, 6.07) is 7.44. The van der Waals surface area contributed by atoms with Crippen molar-refractivity contribution < 1.29 is 4.39 Å². The number of piperazine rings is 1. The predicted molar refractivity (Wildman–Crippen MR) is 73.0 cm³/mol. The third-order valence-electron chi connectivity index (χ3n) is 4.11. The van der Waals surface area contributed by atoms with E-state index in [0.717, 1.165) is 31.6 Å². The molecule has 2 nitrogen and oxygen atoms in total. The third kappa shape index (κ3) is 2.90. The van der Waals surface area contributed by atoms with Gasteiger partial charge in [-0.1, -0.05) is 19.1 Å². The molecule has 0 aromatic heterocycles. The molecule has 2 atom stereocenters. The van der Waals surface area contributed by atoms with Crippen LogP contribution in [-0.4, -0.2) is 29.6 Å². The van der Waals surface area contributed by atoms with Crippen molar-refractivity contribution in [3.05, 3.63) is 35.6 Å². The molecule has 0 saturated carbocycles. The topological polar surface area (TPSA) is 15.3 Å². The van der Waals surface area contributed by atoms with Crippen molar-refractivity contribution in [3.8, 4) is 0 Å². The first-order valence-corrected chi connectivity index (χ1v) is 6.76. The Morgan fingerprint density at radius 2 is 2.28 bits per heavy atom. The van der Waals surface area contributed by atoms with Crippen molar-refractivity contribution in [1.82, 2.24) is 10.2 Å². The van der Waals surface area contributed by atoms with Crippen LogP contribution in [0.25, 0.3) is 0 Å². The van der Waals surface area contributed by atoms with Crippen molar-refractivity contribution in [2.24, 2.45) is 0 Å². The zero-order chi connectivity index (χ0) is 13.2. The molecule has 0 radical (unpaired) electrons. The summed E-state index contributed by atoms with van der Waals surface area (Å²) in [5.74, 6) is -0.145. The average molecular weight is 250 g/mol. The fraction of sp³-hybridized carbons (Fsp3) is 0.600. The Kier molecular flexibility index (Phi) is 4.03. The summed E-state index contributed by atoms with van der Waals surface area (Å²) in [4.78, 5) is 2.48. The van der Waals surface area contributed by atoms with Crippen molar-refractivity contribution in [2.45, 2.75) is 45.3 Å². The van der Waals surface area contributed by atoms with E-state index in [2.05, 4.69) is 31.0 Å². The predicted octanol–water partition coefficient (Wildman–Crippen LogP) is 2.79. The number of hydrogen-bond donors (Lipinski definition) is 1. The van der Waals surface area contributed by atoms with Gasteiger partial charge < -0.3 is 5.32 Å². The van der Waals surface area contributed by atoms with E-state index >= 15 is 0 Å². The molecule has 1 saturated heterocycles. The van der Waals surface area contributed by atoms with Crippen LogP contribution in [0.1, 0.15) is 32.8 Å². The molecule has 3 heteroatoms. The molecule has 0 bridgehead atoms. The smallest absolute Gasteiger partial charge is 0.123 e. The fourth-order valence-corrected chi connectivity index (χ4v) is 2.58. The first-order chi connectivity index (χ1) is 8.53. The summed E-state index contributed by atoms with van der Waals surface area (Å²) in [5.41, 5.74) is 1.22. The Bertz CT molecular complexity index is 407. The molecule has 1 aromatic carbocycles. The van der Waals surface area contributed by atoms with Gasteiger partial charge in [0.15, 0.2) is 0 Å². The van der Waals surface area contributed by atoms with Crippen molar-refractivity contribution >= 4 is 0 Å². The highest BCUT2D eigenvalue weighted by Crippen LogP contribution is 2.25. The van der Waals surface area contributed by atoms with E-state index in [1.54, 1.807) is 12.1 Å². The SMILES string of the molecule is CCC1(C)CNC(C)CN1Cc1cccc(F)c1. The molecule has 18 heavy (non-hydrogen) atoms. The largest absolute Gasteiger partial charge is 0.311 e. The van der Waals surface area contributed by atoms with Crippen molar-refractivity contribution in [1.29, 1.82) is 0 Å². The molecule has 0 amide bonds. The number of halogens is 1. The van der Waals surface area contributed by atoms with Crippen LogP contribution in [0.4, 0.5) is 4.39 Å². The van der Waals surface area contributed by atoms with Gasteiger partial charge in [0.2, 0.25) is 0 Å². The Balaban J connectivity index is 2.14. The molecule has 1 N–H and O–H groups in total. The highest BCUT2D eigenvalue weighted by atomic mass is 19.1. The Labute approximate surface area is 109 Å². The van der Waals surface area contributed by atoms with Crippen LogP contribution in [0.3, 0.4) is 0 Å². The maximum atomic E-state index is 13.2. The molecular formula is C15H23FN2. The van der Waals surface area contributed by atoms with Gasteiger partial charge in [0, 0.05) is 31.2 Å². The van der Waals surface area contributed by atoms with E-state index < -0.39 is 0 Å². The maximum Gasteiger partial charge on any atom is 0.123 e. The monoisotopic (exact) mass is 250 g/mol. The first kappa shape index (κ1) is 13.5. The van der Waals surface area contributed by atoms with Gasteiger partial charge in [0.05, 0.1) is 0 Å². The first-order valence-electron chi connectivity index (χ1n) is 6.76. The summed E-state index contributed by atoms with van der Waals surface area (Å²) in [7, 11) is 0. The van der Waals surface area contributed by atoms with Gasteiger partial charge in [-0.05, 0) is 38.0 Å². The van der Waals surface area contributed by atoms with Gasteiger partial charge in [0.1, 0.15) is 5.82 Å². The van der Waals surface area contributed by atoms with E-state index in [1.165, 1.54) is 6.07 Å². The Morgan fingerprint density at radius 3 is 2.94 bits per heavy atom. The minimum atomic E-state index is -0.145. The Morgan fingerprint density at radius 1 is 1.50 bits per heavy atom. The zero-order valence-corrected chi connectivity index (χ0v) is 11.5. The molecule has 100 valence electrons. The quantitative estimate of drug-likeness (QED) is 0.887. The van der Waals surface area contributed by atoms with E-state index in [-0.39, 0.29) is 11.4 Å². The van der Waals surface area contributed by atoms with Crippen LogP contribution in [0.15, 0.2) is 24.3 Å². The van der Waals surface area contributed by atoms with Gasteiger partial charge in [-0.3, -0.25) is 4.90 Å². The van der Waals surface area contributed by atoms with Crippen molar-refractivity contribution in [3.63, 3.8) is 0 Å². The van der Waals surface area contributed by atoms with Gasteiger partial charge >= 0.3 is 0 Å². The summed E-state index contributed by atoms with van der Waals surface area (Å²) in [6.45, 7) is 9.55. The number of hydrogen-bond acceptors (Lipinski definition) is 2. The lowest BCUT2D eigenvalue weighted by Gasteiger charge is -2.47. The fourth-order valence-electron chi connectivity index (χ4n) is 2.58. The van der Waals surface area contributed by atoms with E-state index in [4.69, 9.17) is 0 Å². The third-order valence-corrected chi connectivity index (χ3v) is 4.11. The normalized spacial score (nSPS) is 29.4. The van der Waals surface area contributed by atoms with Crippen LogP contribution in [-0.2, 0) is 6.54 Å². The maximum absolute atomic E-state index is 13.2. The Hall–Kier alpha value is -0.930. The van der Waals surface area contributed by atoms with Gasteiger partial charge in [0.25, 0.3) is 0 Å². The van der Waals surface area contributed by atoms with Crippen LogP contribution >= 0.6 is 0 Å². The lowest BCUT2D eigenvalue weighted by Crippen LogP contribution is -2.61. The van der Waals surface area contributed by atoms with Crippen LogP contribution in [0.5, 0.6) is 0 Å². The van der Waals surface area contributed by atoms with E-state index in [1.807, 2.05) is 6.07 Å². The number of benzene rings is 1. The van der Waals surface area contributed by atoms with Crippen LogP contribution in [0.2, 0.25) is 0 Å². The standard InChI is InChI=1S/C15H23FN2/c1-4-15(3)11-17-12(2)9-18(15)10-13-6-5-7-14(16)8-13/h5-8,12,17H,4,9-11H2,1-3H3. The summed E-state index contributed by atoms with van der Waals surface area (Å²) in [6.07, 6.45) is 1.10. The molecule has 2 unspecified atom stereocenters. The summed E-state index contributed by atoms with van der Waals surface area (Å²) < 4.78 is 13.2. The number of nitrogens with one attached hydrogen (secondary N) is 1. The number of nitrogens with zero attached hydrogens (tertiary/aromatic N) is 1. The molecule has 0 aliphatic carbocycles. The second-order valence-corrected chi connectivity index (χ2v) is 5.64. The molecule has 1 aromatic rings. The average Bonchev–Trinajstić information content (AvgIpc) is 2.34. The molecule has 1 aliphatic heterocycles. The van der Waals surface area contributed by atoms with Gasteiger partial charge in [-0.2, -0.15) is 0 Å². The van der Waals surface area contributed by atoms with Crippen molar-refractivity contribution in [2.75, 3.05) is 13.1 Å². The lowest BCUT2D eigenvalue weighted by atomic mass is 9.92. The van der Waals surface area contributed by atoms with E-state index in [9.17, 15) is 4.39 Å². The minimum Gasteiger partial charge on any atom is -0.311 e. The van der Waals surface area contributed by atoms with Crippen LogP contribution in [0, 0.1) is 5.82 Å². The second kappa shape index (κ2) is 5.37. The molecule has 0 spiro atoms.